The average molecular weight is 275 g/mol. The third kappa shape index (κ3) is 2.45. The fourth-order valence-corrected chi connectivity index (χ4v) is 3.43. The van der Waals surface area contributed by atoms with Crippen molar-refractivity contribution in [2.24, 2.45) is 0 Å². The molecular formula is C15H21N3O2. The molecule has 5 nitrogen and oxygen atoms in total. The Morgan fingerprint density at radius 2 is 2.05 bits per heavy atom. The van der Waals surface area contributed by atoms with Crippen molar-refractivity contribution in [3.8, 4) is 0 Å². The third-order valence-electron chi connectivity index (χ3n) is 4.40. The van der Waals surface area contributed by atoms with E-state index in [1.165, 1.54) is 19.4 Å². The number of anilines is 2. The predicted octanol–water partition coefficient (Wildman–Crippen LogP) is 1.64. The smallest absolute Gasteiger partial charge is 0.337 e. The van der Waals surface area contributed by atoms with Crippen molar-refractivity contribution in [2.45, 2.75) is 25.3 Å². The molecule has 1 unspecified atom stereocenters. The van der Waals surface area contributed by atoms with E-state index in [9.17, 15) is 9.90 Å². The Morgan fingerprint density at radius 3 is 2.85 bits per heavy atom. The number of hydrogen-bond acceptors (Lipinski definition) is 4. The maximum atomic E-state index is 11.4. The van der Waals surface area contributed by atoms with Crippen LogP contribution in [-0.4, -0.2) is 48.2 Å². The zero-order valence-electron chi connectivity index (χ0n) is 11.6. The zero-order chi connectivity index (χ0) is 14.1. The Morgan fingerprint density at radius 1 is 1.25 bits per heavy atom. The zero-order valence-corrected chi connectivity index (χ0v) is 11.6. The molecule has 0 aliphatic carbocycles. The van der Waals surface area contributed by atoms with Crippen LogP contribution in [0.5, 0.6) is 0 Å². The summed E-state index contributed by atoms with van der Waals surface area (Å²) in [5, 5.41) is 9.39. The lowest BCUT2D eigenvalue weighted by molar-refractivity contribution is 0.0697. The van der Waals surface area contributed by atoms with Crippen LogP contribution in [0.1, 0.15) is 29.6 Å². The van der Waals surface area contributed by atoms with E-state index in [0.717, 1.165) is 31.7 Å². The molecule has 108 valence electrons. The fraction of sp³-hybridized carbons (Fsp3) is 0.533. The van der Waals surface area contributed by atoms with Crippen molar-refractivity contribution >= 4 is 17.3 Å². The van der Waals surface area contributed by atoms with Gasteiger partial charge >= 0.3 is 5.97 Å². The lowest BCUT2D eigenvalue weighted by atomic mass is 10.1. The van der Waals surface area contributed by atoms with Crippen LogP contribution in [0, 0.1) is 0 Å². The van der Waals surface area contributed by atoms with Crippen molar-refractivity contribution in [3.63, 3.8) is 0 Å². The summed E-state index contributed by atoms with van der Waals surface area (Å²) in [7, 11) is 0. The summed E-state index contributed by atoms with van der Waals surface area (Å²) in [6.07, 6.45) is 3.56. The molecule has 1 aromatic carbocycles. The summed E-state index contributed by atoms with van der Waals surface area (Å²) >= 11 is 0. The number of carbonyl (C=O) groups is 1. The fourth-order valence-electron chi connectivity index (χ4n) is 3.43. The molecule has 5 heteroatoms. The number of rotatable bonds is 2. The van der Waals surface area contributed by atoms with Gasteiger partial charge in [-0.3, -0.25) is 4.90 Å². The number of benzene rings is 1. The van der Waals surface area contributed by atoms with E-state index >= 15 is 0 Å². The molecule has 2 fully saturated rings. The van der Waals surface area contributed by atoms with Crippen molar-refractivity contribution in [3.05, 3.63) is 23.8 Å². The van der Waals surface area contributed by atoms with Crippen LogP contribution in [0.25, 0.3) is 0 Å². The van der Waals surface area contributed by atoms with E-state index in [-0.39, 0.29) is 0 Å². The molecule has 2 aliphatic rings. The van der Waals surface area contributed by atoms with Crippen LogP contribution in [0.15, 0.2) is 18.2 Å². The number of hydrogen-bond donors (Lipinski definition) is 2. The molecule has 2 saturated heterocycles. The number of aromatic carboxylic acids is 1. The molecule has 20 heavy (non-hydrogen) atoms. The summed E-state index contributed by atoms with van der Waals surface area (Å²) in [4.78, 5) is 16.2. The Balaban J connectivity index is 1.89. The highest BCUT2D eigenvalue weighted by Gasteiger charge is 2.30. The molecule has 1 atom stereocenters. The molecule has 0 saturated carbocycles. The van der Waals surface area contributed by atoms with E-state index in [4.69, 9.17) is 5.73 Å². The third-order valence-corrected chi connectivity index (χ3v) is 4.40. The van der Waals surface area contributed by atoms with Gasteiger partial charge in [-0.25, -0.2) is 4.79 Å². The minimum atomic E-state index is -0.903. The molecule has 0 amide bonds. The Labute approximate surface area is 119 Å². The second-order valence-corrected chi connectivity index (χ2v) is 5.71. The number of carboxylic acid groups (broad SMARTS) is 1. The molecule has 2 aliphatic heterocycles. The first-order valence-electron chi connectivity index (χ1n) is 7.27. The maximum absolute atomic E-state index is 11.4. The van der Waals surface area contributed by atoms with E-state index in [1.54, 1.807) is 12.1 Å². The van der Waals surface area contributed by atoms with E-state index in [2.05, 4.69) is 9.80 Å². The maximum Gasteiger partial charge on any atom is 0.337 e. The second kappa shape index (κ2) is 5.32. The predicted molar refractivity (Wildman–Crippen MR) is 79.2 cm³/mol. The van der Waals surface area contributed by atoms with E-state index in [1.807, 2.05) is 6.07 Å². The summed E-state index contributed by atoms with van der Waals surface area (Å²) in [6.45, 7) is 4.14. The number of nitrogens with two attached hydrogens (primary N) is 1. The molecule has 0 aromatic heterocycles. The van der Waals surface area contributed by atoms with Crippen molar-refractivity contribution in [2.75, 3.05) is 36.8 Å². The Kier molecular flexibility index (Phi) is 3.53. The number of carboxylic acids is 1. The van der Waals surface area contributed by atoms with Crippen molar-refractivity contribution in [1.29, 1.82) is 0 Å². The largest absolute Gasteiger partial charge is 0.478 e. The molecule has 3 N–H and O–H groups in total. The molecule has 2 heterocycles. The van der Waals surface area contributed by atoms with Gasteiger partial charge in [0, 0.05) is 31.4 Å². The van der Waals surface area contributed by atoms with Gasteiger partial charge in [0.1, 0.15) is 0 Å². The molecule has 0 bridgehead atoms. The highest BCUT2D eigenvalue weighted by molar-refractivity contribution is 5.95. The second-order valence-electron chi connectivity index (χ2n) is 5.71. The van der Waals surface area contributed by atoms with Crippen LogP contribution in [0.4, 0.5) is 11.4 Å². The molecule has 1 aromatic rings. The molecule has 0 radical (unpaired) electrons. The van der Waals surface area contributed by atoms with Gasteiger partial charge in [-0.15, -0.1) is 0 Å². The number of nitrogens with zero attached hydrogens (tertiary/aromatic N) is 2. The quantitative estimate of drug-likeness (QED) is 0.803. The standard InChI is InChI=1S/C15H21N3O2/c16-11-4-5-14(13(9-11)15(19)20)18-8-2-7-17-6-1-3-12(17)10-18/h4-5,9,12H,1-3,6-8,10,16H2,(H,19,20). The first-order valence-corrected chi connectivity index (χ1v) is 7.27. The number of nitrogen functional groups attached to an aromatic ring is 1. The topological polar surface area (TPSA) is 69.8 Å². The lowest BCUT2D eigenvalue weighted by Gasteiger charge is -2.28. The summed E-state index contributed by atoms with van der Waals surface area (Å²) < 4.78 is 0. The van der Waals surface area contributed by atoms with Gasteiger partial charge in [-0.2, -0.15) is 0 Å². The van der Waals surface area contributed by atoms with Crippen LogP contribution in [0.2, 0.25) is 0 Å². The summed E-state index contributed by atoms with van der Waals surface area (Å²) in [5.41, 5.74) is 7.35. The van der Waals surface area contributed by atoms with Gasteiger partial charge in [0.05, 0.1) is 11.3 Å². The van der Waals surface area contributed by atoms with Gasteiger partial charge in [-0.1, -0.05) is 0 Å². The van der Waals surface area contributed by atoms with Crippen LogP contribution >= 0.6 is 0 Å². The monoisotopic (exact) mass is 275 g/mol. The van der Waals surface area contributed by atoms with Crippen LogP contribution in [-0.2, 0) is 0 Å². The first-order chi connectivity index (χ1) is 9.65. The Bertz CT molecular complexity index is 518. The molecule has 3 rings (SSSR count). The van der Waals surface area contributed by atoms with Crippen molar-refractivity contribution in [1.82, 2.24) is 4.90 Å². The van der Waals surface area contributed by atoms with Crippen molar-refractivity contribution < 1.29 is 9.90 Å². The minimum absolute atomic E-state index is 0.316. The average Bonchev–Trinajstić information content (AvgIpc) is 2.76. The van der Waals surface area contributed by atoms with Gasteiger partial charge in [-0.05, 0) is 44.0 Å². The molecule has 0 spiro atoms. The SMILES string of the molecule is Nc1ccc(N2CCCN3CCCC3C2)c(C(=O)O)c1. The highest BCUT2D eigenvalue weighted by atomic mass is 16.4. The number of fused-ring (bicyclic) bond motifs is 1. The molecular weight excluding hydrogens is 254 g/mol. The normalized spacial score (nSPS) is 23.4. The lowest BCUT2D eigenvalue weighted by Crippen LogP contribution is -2.37. The summed E-state index contributed by atoms with van der Waals surface area (Å²) in [5.74, 6) is -0.903. The van der Waals surface area contributed by atoms with E-state index in [0.29, 0.717) is 17.3 Å². The Hall–Kier alpha value is -1.75. The van der Waals surface area contributed by atoms with Gasteiger partial charge < -0.3 is 15.7 Å². The van der Waals surface area contributed by atoms with Gasteiger partial charge in [0.2, 0.25) is 0 Å². The first kappa shape index (κ1) is 13.2. The minimum Gasteiger partial charge on any atom is -0.478 e. The van der Waals surface area contributed by atoms with Crippen LogP contribution < -0.4 is 10.6 Å². The highest BCUT2D eigenvalue weighted by Crippen LogP contribution is 2.28. The summed E-state index contributed by atoms with van der Waals surface area (Å²) in [6, 6.07) is 5.77. The van der Waals surface area contributed by atoms with Crippen LogP contribution in [0.3, 0.4) is 0 Å². The van der Waals surface area contributed by atoms with Gasteiger partial charge in [0.15, 0.2) is 0 Å². The van der Waals surface area contributed by atoms with E-state index < -0.39 is 5.97 Å². The van der Waals surface area contributed by atoms with Gasteiger partial charge in [0.25, 0.3) is 0 Å².